The highest BCUT2D eigenvalue weighted by molar-refractivity contribution is 7.18. The monoisotopic (exact) mass is 293 g/mol. The Bertz CT molecular complexity index is 515. The van der Waals surface area contributed by atoms with Crippen molar-refractivity contribution >= 4 is 28.2 Å². The first-order valence-corrected chi connectivity index (χ1v) is 7.46. The van der Waals surface area contributed by atoms with Gasteiger partial charge >= 0.3 is 0 Å². The number of terminal acetylenes is 1. The van der Waals surface area contributed by atoms with Crippen molar-refractivity contribution < 1.29 is 4.79 Å². The molecular weight excluding hydrogens is 274 g/mol. The molecule has 20 heavy (non-hydrogen) atoms. The third-order valence-electron chi connectivity index (χ3n) is 3.15. The summed E-state index contributed by atoms with van der Waals surface area (Å²) < 4.78 is 0. The Kier molecular flexibility index (Phi) is 4.82. The van der Waals surface area contributed by atoms with E-state index in [1.807, 2.05) is 6.92 Å². The second kappa shape index (κ2) is 6.59. The third kappa shape index (κ3) is 3.21. The molecule has 1 aliphatic heterocycles. The van der Waals surface area contributed by atoms with E-state index in [0.717, 1.165) is 31.3 Å². The minimum Gasteiger partial charge on any atom is -0.382 e. The summed E-state index contributed by atoms with van der Waals surface area (Å²) in [6.45, 7) is 5.49. The van der Waals surface area contributed by atoms with Gasteiger partial charge in [0.25, 0.3) is 5.91 Å². The topological polar surface area (TPSA) is 83.3 Å². The number of nitrogen functional groups attached to an aromatic ring is 1. The lowest BCUT2D eigenvalue weighted by atomic mass is 10.2. The van der Waals surface area contributed by atoms with E-state index >= 15 is 0 Å². The molecule has 1 unspecified atom stereocenters. The summed E-state index contributed by atoms with van der Waals surface area (Å²) in [5, 5.41) is 6.84. The normalized spacial score (nSPS) is 16.5. The zero-order valence-corrected chi connectivity index (χ0v) is 12.3. The second-order valence-electron chi connectivity index (χ2n) is 4.55. The summed E-state index contributed by atoms with van der Waals surface area (Å²) >= 11 is 1.32. The molecule has 0 aromatic carbocycles. The molecule has 0 bridgehead atoms. The summed E-state index contributed by atoms with van der Waals surface area (Å²) in [5.41, 5.74) is 5.85. The number of carbonyl (C=O) groups excluding carboxylic acids is 1. The molecule has 1 aromatic rings. The Morgan fingerprint density at radius 2 is 2.35 bits per heavy atom. The van der Waals surface area contributed by atoms with Gasteiger partial charge in [0.15, 0.2) is 5.13 Å². The molecule has 4 N–H and O–H groups in total. The van der Waals surface area contributed by atoms with E-state index in [2.05, 4.69) is 26.4 Å². The van der Waals surface area contributed by atoms with Crippen LogP contribution < -0.4 is 21.3 Å². The molecule has 1 atom stereocenters. The summed E-state index contributed by atoms with van der Waals surface area (Å²) in [4.78, 5) is 19.0. The Morgan fingerprint density at radius 3 is 2.95 bits per heavy atom. The van der Waals surface area contributed by atoms with Gasteiger partial charge in [0.2, 0.25) is 0 Å². The first-order valence-electron chi connectivity index (χ1n) is 6.64. The first kappa shape index (κ1) is 14.6. The van der Waals surface area contributed by atoms with Crippen molar-refractivity contribution in [3.8, 4) is 12.3 Å². The van der Waals surface area contributed by atoms with E-state index in [4.69, 9.17) is 12.2 Å². The molecule has 1 saturated heterocycles. The van der Waals surface area contributed by atoms with Gasteiger partial charge in [0.1, 0.15) is 10.7 Å². The maximum absolute atomic E-state index is 12.1. The number of anilines is 2. The highest BCUT2D eigenvalue weighted by Gasteiger charge is 2.21. The van der Waals surface area contributed by atoms with Gasteiger partial charge in [-0.3, -0.25) is 4.79 Å². The van der Waals surface area contributed by atoms with Gasteiger partial charge in [-0.25, -0.2) is 4.98 Å². The van der Waals surface area contributed by atoms with Crippen LogP contribution in [-0.2, 0) is 0 Å². The molecule has 1 aliphatic rings. The number of nitrogens with one attached hydrogen (secondary N) is 2. The molecule has 1 fully saturated rings. The average molecular weight is 293 g/mol. The van der Waals surface area contributed by atoms with Crippen molar-refractivity contribution in [3.63, 3.8) is 0 Å². The highest BCUT2D eigenvalue weighted by Crippen LogP contribution is 2.28. The molecule has 108 valence electrons. The molecular formula is C13H19N5OS. The first-order chi connectivity index (χ1) is 9.65. The number of nitrogens with zero attached hydrogens (tertiary/aromatic N) is 2. The number of carbonyl (C=O) groups is 1. The second-order valence-corrected chi connectivity index (χ2v) is 5.53. The average Bonchev–Trinajstić information content (AvgIpc) is 2.87. The van der Waals surface area contributed by atoms with Crippen LogP contribution in [0.1, 0.15) is 23.0 Å². The summed E-state index contributed by atoms with van der Waals surface area (Å²) in [6.07, 6.45) is 6.03. The molecule has 1 amide bonds. The van der Waals surface area contributed by atoms with Crippen LogP contribution in [0.5, 0.6) is 0 Å². The van der Waals surface area contributed by atoms with E-state index in [1.165, 1.54) is 11.3 Å². The number of hydrogen-bond acceptors (Lipinski definition) is 6. The van der Waals surface area contributed by atoms with Gasteiger partial charge in [-0.15, -0.1) is 6.42 Å². The number of thiazole rings is 1. The highest BCUT2D eigenvalue weighted by atomic mass is 32.1. The zero-order valence-electron chi connectivity index (χ0n) is 11.5. The van der Waals surface area contributed by atoms with Gasteiger partial charge < -0.3 is 21.3 Å². The predicted octanol–water partition coefficient (Wildman–Crippen LogP) is 0.277. The van der Waals surface area contributed by atoms with E-state index in [0.29, 0.717) is 11.3 Å². The van der Waals surface area contributed by atoms with E-state index in [-0.39, 0.29) is 17.8 Å². The van der Waals surface area contributed by atoms with Crippen LogP contribution in [0.3, 0.4) is 0 Å². The lowest BCUT2D eigenvalue weighted by molar-refractivity contribution is 0.0950. The molecule has 0 radical (unpaired) electrons. The molecule has 0 saturated carbocycles. The van der Waals surface area contributed by atoms with Crippen LogP contribution in [0, 0.1) is 12.3 Å². The lowest BCUT2D eigenvalue weighted by Crippen LogP contribution is -2.43. The van der Waals surface area contributed by atoms with Gasteiger partial charge in [-0.2, -0.15) is 0 Å². The fourth-order valence-electron chi connectivity index (χ4n) is 1.96. The van der Waals surface area contributed by atoms with Gasteiger partial charge in [-0.05, 0) is 6.42 Å². The van der Waals surface area contributed by atoms with Crippen LogP contribution in [0.25, 0.3) is 0 Å². The largest absolute Gasteiger partial charge is 0.382 e. The summed E-state index contributed by atoms with van der Waals surface area (Å²) in [6, 6.07) is -0.272. The van der Waals surface area contributed by atoms with Crippen molar-refractivity contribution in [1.29, 1.82) is 0 Å². The molecule has 6 nitrogen and oxygen atoms in total. The molecule has 0 spiro atoms. The van der Waals surface area contributed by atoms with Crippen molar-refractivity contribution in [3.05, 3.63) is 4.88 Å². The Labute approximate surface area is 122 Å². The van der Waals surface area contributed by atoms with Crippen LogP contribution in [0.15, 0.2) is 0 Å². The third-order valence-corrected chi connectivity index (χ3v) is 4.28. The van der Waals surface area contributed by atoms with Crippen LogP contribution in [0.2, 0.25) is 0 Å². The molecule has 0 aliphatic carbocycles. The van der Waals surface area contributed by atoms with Crippen molar-refractivity contribution in [1.82, 2.24) is 15.6 Å². The predicted molar refractivity (Wildman–Crippen MR) is 82.0 cm³/mol. The number of amides is 1. The number of hydrogen-bond donors (Lipinski definition) is 3. The van der Waals surface area contributed by atoms with E-state index in [9.17, 15) is 4.79 Å². The van der Waals surface area contributed by atoms with Crippen molar-refractivity contribution in [2.75, 3.05) is 36.8 Å². The molecule has 7 heteroatoms. The summed E-state index contributed by atoms with van der Waals surface area (Å²) in [5.74, 6) is 2.56. The Morgan fingerprint density at radius 1 is 1.65 bits per heavy atom. The maximum atomic E-state index is 12.1. The van der Waals surface area contributed by atoms with Crippen LogP contribution >= 0.6 is 11.3 Å². The minimum atomic E-state index is -0.272. The Balaban J connectivity index is 2.10. The number of aromatic nitrogens is 1. The van der Waals surface area contributed by atoms with Gasteiger partial charge in [0, 0.05) is 26.2 Å². The number of piperazine rings is 1. The van der Waals surface area contributed by atoms with Crippen LogP contribution in [-0.4, -0.2) is 43.1 Å². The summed E-state index contributed by atoms with van der Waals surface area (Å²) in [7, 11) is 0. The standard InChI is InChI=1S/C13H19N5OS/c1-3-9(4-2)16-12(19)10-11(14)17-13(20-10)18-7-5-15-6-8-18/h1,9,15H,4-8,14H2,2H3,(H,16,19). The lowest BCUT2D eigenvalue weighted by Gasteiger charge is -2.26. The van der Waals surface area contributed by atoms with Crippen LogP contribution in [0.4, 0.5) is 10.9 Å². The van der Waals surface area contributed by atoms with Crippen molar-refractivity contribution in [2.24, 2.45) is 0 Å². The molecule has 2 rings (SSSR count). The smallest absolute Gasteiger partial charge is 0.266 e. The molecule has 1 aromatic heterocycles. The Hall–Kier alpha value is -1.78. The fourth-order valence-corrected chi connectivity index (χ4v) is 2.90. The SMILES string of the molecule is C#CC(CC)NC(=O)c1sc(N2CCNCC2)nc1N. The zero-order chi connectivity index (χ0) is 14.5. The minimum absolute atomic E-state index is 0.244. The van der Waals surface area contributed by atoms with E-state index in [1.54, 1.807) is 0 Å². The van der Waals surface area contributed by atoms with Crippen molar-refractivity contribution in [2.45, 2.75) is 19.4 Å². The van der Waals surface area contributed by atoms with Gasteiger partial charge in [-0.1, -0.05) is 24.2 Å². The maximum Gasteiger partial charge on any atom is 0.266 e. The number of rotatable bonds is 4. The molecule has 2 heterocycles. The van der Waals surface area contributed by atoms with Gasteiger partial charge in [0.05, 0.1) is 6.04 Å². The number of nitrogens with two attached hydrogens (primary N) is 1. The fraction of sp³-hybridized carbons (Fsp3) is 0.538. The quantitative estimate of drug-likeness (QED) is 0.694. The van der Waals surface area contributed by atoms with E-state index < -0.39 is 0 Å².